The number of methoxy groups -OCH3 is 1. The predicted molar refractivity (Wildman–Crippen MR) is 85.7 cm³/mol. The van der Waals surface area contributed by atoms with E-state index in [1.807, 2.05) is 28.9 Å². The first kappa shape index (κ1) is 15.9. The fourth-order valence-electron chi connectivity index (χ4n) is 3.00. The summed E-state index contributed by atoms with van der Waals surface area (Å²) in [5.74, 6) is 1.67. The summed E-state index contributed by atoms with van der Waals surface area (Å²) in [6.45, 7) is 7.64. The van der Waals surface area contributed by atoms with Crippen LogP contribution in [-0.4, -0.2) is 58.5 Å². The molecule has 124 valence electrons. The van der Waals surface area contributed by atoms with Crippen molar-refractivity contribution in [3.8, 4) is 11.4 Å². The van der Waals surface area contributed by atoms with E-state index in [9.17, 15) is 0 Å². The molecule has 0 aliphatic carbocycles. The largest absolute Gasteiger partial charge is 0.497 e. The first-order valence-corrected chi connectivity index (χ1v) is 7.95. The second-order valence-corrected chi connectivity index (χ2v) is 5.84. The minimum atomic E-state index is -0.229. The van der Waals surface area contributed by atoms with Crippen LogP contribution >= 0.6 is 0 Å². The van der Waals surface area contributed by atoms with E-state index in [-0.39, 0.29) is 5.54 Å². The first-order valence-electron chi connectivity index (χ1n) is 7.95. The number of rotatable bonds is 5. The van der Waals surface area contributed by atoms with E-state index in [2.05, 4.69) is 34.3 Å². The summed E-state index contributed by atoms with van der Waals surface area (Å²) in [5.41, 5.74) is 0.700. The maximum absolute atomic E-state index is 5.48. The monoisotopic (exact) mass is 317 g/mol. The Balaban J connectivity index is 1.97. The van der Waals surface area contributed by atoms with Crippen molar-refractivity contribution in [2.45, 2.75) is 25.8 Å². The Labute approximate surface area is 136 Å². The number of tetrazole rings is 1. The molecule has 1 aliphatic rings. The second kappa shape index (κ2) is 6.64. The van der Waals surface area contributed by atoms with Crippen LogP contribution in [0.2, 0.25) is 0 Å². The third-order valence-corrected chi connectivity index (χ3v) is 4.67. The number of hydrogen-bond acceptors (Lipinski definition) is 6. The summed E-state index contributed by atoms with van der Waals surface area (Å²) in [4.78, 5) is 2.40. The summed E-state index contributed by atoms with van der Waals surface area (Å²) in [6, 6.07) is 7.76. The van der Waals surface area contributed by atoms with Crippen LogP contribution in [0.4, 0.5) is 0 Å². The van der Waals surface area contributed by atoms with Gasteiger partial charge in [-0.3, -0.25) is 4.90 Å². The Morgan fingerprint density at radius 3 is 2.52 bits per heavy atom. The maximum Gasteiger partial charge on any atom is 0.176 e. The van der Waals surface area contributed by atoms with Crippen molar-refractivity contribution in [1.82, 2.24) is 25.1 Å². The lowest BCUT2D eigenvalue weighted by Gasteiger charge is -2.41. The molecule has 0 saturated carbocycles. The Bertz CT molecular complexity index is 636. The van der Waals surface area contributed by atoms with Crippen molar-refractivity contribution in [3.05, 3.63) is 30.1 Å². The average molecular weight is 317 g/mol. The molecule has 1 saturated heterocycles. The third-order valence-electron chi connectivity index (χ3n) is 4.67. The highest BCUT2D eigenvalue weighted by atomic mass is 16.5. The lowest BCUT2D eigenvalue weighted by atomic mass is 9.94. The topological polar surface area (TPSA) is 65.3 Å². The molecule has 23 heavy (non-hydrogen) atoms. The Morgan fingerprint density at radius 2 is 1.91 bits per heavy atom. The molecule has 2 aromatic rings. The lowest BCUT2D eigenvalue weighted by molar-refractivity contribution is -0.0240. The molecule has 1 atom stereocenters. The van der Waals surface area contributed by atoms with Gasteiger partial charge in [-0.25, -0.2) is 0 Å². The summed E-state index contributed by atoms with van der Waals surface area (Å²) < 4.78 is 12.5. The van der Waals surface area contributed by atoms with Crippen LogP contribution in [0.3, 0.4) is 0 Å². The Hall–Kier alpha value is -1.99. The molecule has 0 radical (unpaired) electrons. The normalized spacial score (nSPS) is 18.6. The van der Waals surface area contributed by atoms with Gasteiger partial charge in [0.15, 0.2) is 5.82 Å². The highest BCUT2D eigenvalue weighted by Gasteiger charge is 2.38. The van der Waals surface area contributed by atoms with Crippen LogP contribution in [0.5, 0.6) is 5.75 Å². The molecule has 0 N–H and O–H groups in total. The Morgan fingerprint density at radius 1 is 1.22 bits per heavy atom. The first-order chi connectivity index (χ1) is 11.2. The smallest absolute Gasteiger partial charge is 0.176 e. The van der Waals surface area contributed by atoms with Gasteiger partial charge in [0, 0.05) is 13.1 Å². The van der Waals surface area contributed by atoms with Crippen LogP contribution in [-0.2, 0) is 10.3 Å². The van der Waals surface area contributed by atoms with Gasteiger partial charge in [0.05, 0.1) is 31.5 Å². The SMILES string of the molecule is CC[C@](C)(c1nnnn1-c1ccc(OC)cc1)N1CCOCC1. The van der Waals surface area contributed by atoms with E-state index in [1.165, 1.54) is 0 Å². The van der Waals surface area contributed by atoms with Gasteiger partial charge in [-0.2, -0.15) is 4.68 Å². The van der Waals surface area contributed by atoms with Gasteiger partial charge in [-0.05, 0) is 48.0 Å². The molecule has 7 heteroatoms. The van der Waals surface area contributed by atoms with Gasteiger partial charge in [0.2, 0.25) is 0 Å². The summed E-state index contributed by atoms with van der Waals surface area (Å²) >= 11 is 0. The highest BCUT2D eigenvalue weighted by molar-refractivity contribution is 5.37. The molecule has 2 heterocycles. The van der Waals surface area contributed by atoms with Crippen molar-refractivity contribution < 1.29 is 9.47 Å². The standard InChI is InChI=1S/C16H23N5O2/c1-4-16(2,20-9-11-23-12-10-20)15-17-18-19-21(15)13-5-7-14(22-3)8-6-13/h5-8H,4,9-12H2,1-3H3/t16-/m1/s1. The van der Waals surface area contributed by atoms with Gasteiger partial charge in [-0.15, -0.1) is 5.10 Å². The van der Waals surface area contributed by atoms with E-state index in [0.29, 0.717) is 0 Å². The van der Waals surface area contributed by atoms with Gasteiger partial charge < -0.3 is 9.47 Å². The second-order valence-electron chi connectivity index (χ2n) is 5.84. The number of ether oxygens (including phenoxy) is 2. The van der Waals surface area contributed by atoms with Crippen molar-refractivity contribution in [2.75, 3.05) is 33.4 Å². The molecule has 1 aromatic heterocycles. The molecule has 1 aliphatic heterocycles. The third kappa shape index (κ3) is 2.94. The number of aromatic nitrogens is 4. The number of hydrogen-bond donors (Lipinski definition) is 0. The van der Waals surface area contributed by atoms with Gasteiger partial charge in [0.25, 0.3) is 0 Å². The number of nitrogens with zero attached hydrogens (tertiary/aromatic N) is 5. The minimum absolute atomic E-state index is 0.229. The molecular formula is C16H23N5O2. The zero-order valence-corrected chi connectivity index (χ0v) is 13.9. The van der Waals surface area contributed by atoms with Gasteiger partial charge >= 0.3 is 0 Å². The molecule has 0 bridgehead atoms. The van der Waals surface area contributed by atoms with E-state index in [1.54, 1.807) is 7.11 Å². The quantitative estimate of drug-likeness (QED) is 0.835. The average Bonchev–Trinajstić information content (AvgIpc) is 3.12. The zero-order chi connectivity index (χ0) is 16.3. The minimum Gasteiger partial charge on any atom is -0.497 e. The molecular weight excluding hydrogens is 294 g/mol. The molecule has 1 fully saturated rings. The van der Waals surface area contributed by atoms with Crippen molar-refractivity contribution in [2.24, 2.45) is 0 Å². The van der Waals surface area contributed by atoms with Crippen molar-refractivity contribution in [3.63, 3.8) is 0 Å². The predicted octanol–water partition coefficient (Wildman–Crippen LogP) is 1.63. The van der Waals surface area contributed by atoms with E-state index < -0.39 is 0 Å². The fraction of sp³-hybridized carbons (Fsp3) is 0.562. The van der Waals surface area contributed by atoms with E-state index >= 15 is 0 Å². The van der Waals surface area contributed by atoms with Crippen LogP contribution in [0.25, 0.3) is 5.69 Å². The maximum atomic E-state index is 5.48. The van der Waals surface area contributed by atoms with Crippen LogP contribution in [0.15, 0.2) is 24.3 Å². The molecule has 0 spiro atoms. The van der Waals surface area contributed by atoms with Crippen LogP contribution < -0.4 is 4.74 Å². The molecule has 3 rings (SSSR count). The zero-order valence-electron chi connectivity index (χ0n) is 13.9. The van der Waals surface area contributed by atoms with Crippen molar-refractivity contribution in [1.29, 1.82) is 0 Å². The summed E-state index contributed by atoms with van der Waals surface area (Å²) in [7, 11) is 1.66. The lowest BCUT2D eigenvalue weighted by Crippen LogP contribution is -2.50. The van der Waals surface area contributed by atoms with Crippen molar-refractivity contribution >= 4 is 0 Å². The number of benzene rings is 1. The van der Waals surface area contributed by atoms with E-state index in [4.69, 9.17) is 9.47 Å². The molecule has 0 amide bonds. The highest BCUT2D eigenvalue weighted by Crippen LogP contribution is 2.32. The van der Waals surface area contributed by atoms with Gasteiger partial charge in [0.1, 0.15) is 5.75 Å². The molecule has 1 aromatic carbocycles. The molecule has 0 unspecified atom stereocenters. The molecule has 7 nitrogen and oxygen atoms in total. The van der Waals surface area contributed by atoms with Crippen LogP contribution in [0, 0.1) is 0 Å². The fourth-order valence-corrected chi connectivity index (χ4v) is 3.00. The van der Waals surface area contributed by atoms with Gasteiger partial charge in [-0.1, -0.05) is 6.92 Å². The van der Waals surface area contributed by atoms with Crippen LogP contribution in [0.1, 0.15) is 26.1 Å². The Kier molecular flexibility index (Phi) is 4.58. The summed E-state index contributed by atoms with van der Waals surface area (Å²) in [6.07, 6.45) is 0.920. The summed E-state index contributed by atoms with van der Waals surface area (Å²) in [5, 5.41) is 12.5. The van der Waals surface area contributed by atoms with E-state index in [0.717, 1.165) is 50.0 Å². The number of morpholine rings is 1.